The van der Waals surface area contributed by atoms with Crippen LogP contribution in [0.5, 0.6) is 23.0 Å². The summed E-state index contributed by atoms with van der Waals surface area (Å²) in [4.78, 5) is 110. The van der Waals surface area contributed by atoms with Crippen LogP contribution in [0.15, 0.2) is 42.5 Å². The van der Waals surface area contributed by atoms with Gasteiger partial charge in [-0.2, -0.15) is 0 Å². The van der Waals surface area contributed by atoms with Crippen LogP contribution in [0.2, 0.25) is 0 Å². The third kappa shape index (κ3) is 10.2. The average Bonchev–Trinajstić information content (AvgIpc) is 3.44. The van der Waals surface area contributed by atoms with Crippen molar-refractivity contribution in [3.63, 3.8) is 0 Å². The Morgan fingerprint density at radius 1 is 0.542 bits per heavy atom. The minimum Gasteiger partial charge on any atom is -0.456 e. The summed E-state index contributed by atoms with van der Waals surface area (Å²) in [5.41, 5.74) is -1.30. The lowest BCUT2D eigenvalue weighted by atomic mass is 9.76. The molecular weight excluding hydrogens is 784 g/mol. The van der Waals surface area contributed by atoms with Crippen molar-refractivity contribution in [3.05, 3.63) is 81.4 Å². The van der Waals surface area contributed by atoms with Gasteiger partial charge < -0.3 is 47.4 Å². The molecule has 0 bridgehead atoms. The molecule has 310 valence electrons. The van der Waals surface area contributed by atoms with Crippen LogP contribution in [-0.2, 0) is 85.2 Å². The highest BCUT2D eigenvalue weighted by atomic mass is 16.7. The van der Waals surface area contributed by atoms with E-state index in [0.717, 1.165) is 34.6 Å². The average molecular weight is 821 g/mol. The van der Waals surface area contributed by atoms with Crippen LogP contribution >= 0.6 is 0 Å². The first-order valence-electron chi connectivity index (χ1n) is 17.6. The smallest absolute Gasteiger partial charge is 0.341 e. The second kappa shape index (κ2) is 18.3. The second-order valence-electron chi connectivity index (χ2n) is 12.8. The molecule has 59 heavy (non-hydrogen) atoms. The Labute approximate surface area is 334 Å². The van der Waals surface area contributed by atoms with Crippen LogP contribution in [-0.4, -0.2) is 74.1 Å². The first kappa shape index (κ1) is 42.8. The molecule has 19 heteroatoms. The fourth-order valence-electron chi connectivity index (χ4n) is 6.10. The molecule has 5 rings (SSSR count). The van der Waals surface area contributed by atoms with E-state index in [2.05, 4.69) is 9.47 Å². The number of esters is 9. The summed E-state index contributed by atoms with van der Waals surface area (Å²) in [6, 6.07) is 9.53. The summed E-state index contributed by atoms with van der Waals surface area (Å²) in [7, 11) is 0. The Hall–Kier alpha value is -7.31. The first-order valence-corrected chi connectivity index (χ1v) is 17.6. The van der Waals surface area contributed by atoms with Crippen LogP contribution in [0.1, 0.15) is 96.0 Å². The van der Waals surface area contributed by atoms with Gasteiger partial charge in [-0.15, -0.1) is 0 Å². The molecule has 0 saturated carbocycles. The number of fused-ring (bicyclic) bond motifs is 6. The van der Waals surface area contributed by atoms with Crippen LogP contribution in [0.3, 0.4) is 0 Å². The summed E-state index contributed by atoms with van der Waals surface area (Å²) in [5, 5.41) is 0. The van der Waals surface area contributed by atoms with E-state index in [1.165, 1.54) is 42.5 Å². The normalized spacial score (nSPS) is 12.6. The van der Waals surface area contributed by atoms with Crippen molar-refractivity contribution >= 4 is 53.7 Å². The van der Waals surface area contributed by atoms with Gasteiger partial charge in [0.25, 0.3) is 0 Å². The third-order valence-electron chi connectivity index (χ3n) is 8.52. The molecule has 3 aromatic carbocycles. The molecule has 0 radical (unpaired) electrons. The number of ether oxygens (including phenoxy) is 10. The summed E-state index contributed by atoms with van der Waals surface area (Å²) in [5.74, 6) is -7.06. The topological polar surface area (TPSA) is 246 Å². The number of benzene rings is 3. The molecule has 0 amide bonds. The minimum atomic E-state index is -1.99. The zero-order chi connectivity index (χ0) is 43.0. The van der Waals surface area contributed by atoms with Gasteiger partial charge in [-0.3, -0.25) is 33.6 Å². The van der Waals surface area contributed by atoms with E-state index in [4.69, 9.17) is 37.9 Å². The number of carbonyl (C=O) groups is 9. The summed E-state index contributed by atoms with van der Waals surface area (Å²) >= 11 is 0. The molecule has 0 saturated heterocycles. The molecule has 3 aromatic rings. The van der Waals surface area contributed by atoms with Crippen LogP contribution in [0.4, 0.5) is 0 Å². The van der Waals surface area contributed by atoms with E-state index >= 15 is 0 Å². The molecule has 0 aliphatic carbocycles. The van der Waals surface area contributed by atoms with Gasteiger partial charge in [-0.25, -0.2) is 9.59 Å². The van der Waals surface area contributed by atoms with Crippen molar-refractivity contribution < 1.29 is 90.5 Å². The fourth-order valence-corrected chi connectivity index (χ4v) is 6.10. The van der Waals surface area contributed by atoms with Gasteiger partial charge in [0.2, 0.25) is 20.4 Å². The van der Waals surface area contributed by atoms with E-state index in [0.29, 0.717) is 0 Å². The number of aryl methyl sites for hydroxylation is 2. The van der Waals surface area contributed by atoms with Crippen LogP contribution in [0, 0.1) is 0 Å². The van der Waals surface area contributed by atoms with Crippen molar-refractivity contribution in [2.75, 3.05) is 20.4 Å². The Bertz CT molecular complexity index is 2150. The highest BCUT2D eigenvalue weighted by Crippen LogP contribution is 2.58. The van der Waals surface area contributed by atoms with Gasteiger partial charge >= 0.3 is 53.7 Å². The molecule has 1 spiro atoms. The SMILES string of the molecule is CC(=O)OCOC(=O)CCc1cc2c(cc1OC(C)=O)Oc1cc(OC(C)=O)c(CCC(=O)OCOC(C)=O)cc1C21OC(=O)c2ccc(C(=O)OCOC(C)=O)cc21. The van der Waals surface area contributed by atoms with Crippen molar-refractivity contribution in [3.8, 4) is 23.0 Å². The molecule has 0 fully saturated rings. The van der Waals surface area contributed by atoms with Crippen molar-refractivity contribution in [2.45, 2.75) is 65.9 Å². The molecule has 2 aliphatic rings. The third-order valence-corrected chi connectivity index (χ3v) is 8.52. The maximum atomic E-state index is 13.8. The minimum absolute atomic E-state index is 0.000316. The van der Waals surface area contributed by atoms with Crippen molar-refractivity contribution in [1.29, 1.82) is 0 Å². The Kier molecular flexibility index (Phi) is 13.3. The monoisotopic (exact) mass is 820 g/mol. The first-order chi connectivity index (χ1) is 28.0. The van der Waals surface area contributed by atoms with Crippen LogP contribution in [0.25, 0.3) is 0 Å². The predicted octanol–water partition coefficient (Wildman–Crippen LogP) is 3.78. The highest BCUT2D eigenvalue weighted by Gasteiger charge is 2.54. The second-order valence-corrected chi connectivity index (χ2v) is 12.8. The van der Waals surface area contributed by atoms with Gasteiger partial charge in [0, 0.05) is 76.3 Å². The van der Waals surface area contributed by atoms with Gasteiger partial charge in [0.05, 0.1) is 11.1 Å². The highest BCUT2D eigenvalue weighted by molar-refractivity contribution is 5.99. The van der Waals surface area contributed by atoms with Gasteiger partial charge in [0.1, 0.15) is 23.0 Å². The molecule has 2 aliphatic heterocycles. The van der Waals surface area contributed by atoms with Gasteiger partial charge in [-0.05, 0) is 54.3 Å². The van der Waals surface area contributed by atoms with E-state index < -0.39 is 79.7 Å². The quantitative estimate of drug-likeness (QED) is 0.0916. The molecule has 0 aromatic heterocycles. The molecule has 2 heterocycles. The zero-order valence-corrected chi connectivity index (χ0v) is 32.2. The fraction of sp³-hybridized carbons (Fsp3) is 0.325. The Morgan fingerprint density at radius 2 is 1.00 bits per heavy atom. The Balaban J connectivity index is 1.69. The molecular formula is C40H36O19. The lowest BCUT2D eigenvalue weighted by Gasteiger charge is -2.37. The standard InChI is InChI=1S/C40H36O19/c1-20(41)50-17-53-36(46)10-7-25-12-30-34(15-32(25)56-23(4)44)58-35-16-33(57-24(5)45)26(8-11-37(47)54-18-51-21(2)42)13-31(35)40(30)29-14-27(6-9-28(29)39(49)59-40)38(48)55-19-52-22(3)43/h6,9,12-16H,7-8,10-11,17-19H2,1-5H3. The van der Waals surface area contributed by atoms with E-state index in [9.17, 15) is 43.2 Å². The summed E-state index contributed by atoms with van der Waals surface area (Å²) < 4.78 is 52.7. The summed E-state index contributed by atoms with van der Waals surface area (Å²) in [6.45, 7) is 3.69. The van der Waals surface area contributed by atoms with Crippen molar-refractivity contribution in [1.82, 2.24) is 0 Å². The molecule has 0 atom stereocenters. The number of rotatable bonds is 15. The lowest BCUT2D eigenvalue weighted by Crippen LogP contribution is -2.34. The molecule has 0 unspecified atom stereocenters. The van der Waals surface area contributed by atoms with E-state index in [-0.39, 0.29) is 87.6 Å². The van der Waals surface area contributed by atoms with E-state index in [1.807, 2.05) is 0 Å². The number of carbonyl (C=O) groups excluding carboxylic acids is 9. The largest absolute Gasteiger partial charge is 0.456 e. The number of hydrogen-bond acceptors (Lipinski definition) is 19. The van der Waals surface area contributed by atoms with Crippen molar-refractivity contribution in [2.24, 2.45) is 0 Å². The maximum Gasteiger partial charge on any atom is 0.341 e. The predicted molar refractivity (Wildman–Crippen MR) is 191 cm³/mol. The lowest BCUT2D eigenvalue weighted by molar-refractivity contribution is -0.167. The van der Waals surface area contributed by atoms with Gasteiger partial charge in [-0.1, -0.05) is 0 Å². The van der Waals surface area contributed by atoms with Gasteiger partial charge in [0.15, 0.2) is 5.60 Å². The maximum absolute atomic E-state index is 13.8. The zero-order valence-electron chi connectivity index (χ0n) is 32.2. The molecule has 0 N–H and O–H groups in total. The van der Waals surface area contributed by atoms with Crippen LogP contribution < -0.4 is 14.2 Å². The number of hydrogen-bond donors (Lipinski definition) is 0. The van der Waals surface area contributed by atoms with E-state index in [1.54, 1.807) is 0 Å². The Morgan fingerprint density at radius 3 is 1.44 bits per heavy atom. The summed E-state index contributed by atoms with van der Waals surface area (Å²) in [6.07, 6.45) is -0.881. The molecule has 19 nitrogen and oxygen atoms in total.